The molecule has 3 saturated heterocycles. The number of benzene rings is 1. The molecule has 0 bridgehead atoms. The Kier molecular flexibility index (Phi) is 6.99. The van der Waals surface area contributed by atoms with Gasteiger partial charge in [-0.05, 0) is 45.4 Å². The van der Waals surface area contributed by atoms with E-state index in [-0.39, 0.29) is 24.7 Å². The lowest BCUT2D eigenvalue weighted by atomic mass is 9.97. The van der Waals surface area contributed by atoms with Crippen LogP contribution in [0.2, 0.25) is 0 Å². The molecule has 4 heterocycles. The van der Waals surface area contributed by atoms with E-state index in [0.29, 0.717) is 23.6 Å². The molecule has 1 atom stereocenters. The number of hydrogen-bond acceptors (Lipinski definition) is 9. The highest BCUT2D eigenvalue weighted by atomic mass is 16.6. The van der Waals surface area contributed by atoms with Gasteiger partial charge in [0.15, 0.2) is 0 Å². The summed E-state index contributed by atoms with van der Waals surface area (Å²) in [4.78, 5) is 69.6. The molecular formula is C27H35N5O6. The van der Waals surface area contributed by atoms with Crippen LogP contribution in [0.15, 0.2) is 18.2 Å². The molecule has 0 spiro atoms. The number of carbonyl (C=O) groups excluding carboxylic acids is 5. The number of carbonyl (C=O) groups is 5. The zero-order valence-electron chi connectivity index (χ0n) is 22.2. The summed E-state index contributed by atoms with van der Waals surface area (Å²) in [7, 11) is 0. The highest BCUT2D eigenvalue weighted by Crippen LogP contribution is 2.33. The van der Waals surface area contributed by atoms with Crippen molar-refractivity contribution in [1.29, 1.82) is 0 Å². The largest absolute Gasteiger partial charge is 0.459 e. The summed E-state index contributed by atoms with van der Waals surface area (Å²) >= 11 is 0. The Bertz CT molecular complexity index is 1160. The third kappa shape index (κ3) is 5.44. The number of nitrogens with one attached hydrogen (secondary N) is 1. The van der Waals surface area contributed by atoms with E-state index in [2.05, 4.69) is 20.0 Å². The van der Waals surface area contributed by atoms with Gasteiger partial charge in [-0.25, -0.2) is 0 Å². The average Bonchev–Trinajstić information content (AvgIpc) is 3.05. The smallest absolute Gasteiger partial charge is 0.320 e. The first kappa shape index (κ1) is 26.3. The predicted molar refractivity (Wildman–Crippen MR) is 138 cm³/mol. The van der Waals surface area contributed by atoms with Crippen LogP contribution in [0.5, 0.6) is 0 Å². The molecule has 4 amide bonds. The Labute approximate surface area is 222 Å². The molecule has 1 N–H and O–H groups in total. The van der Waals surface area contributed by atoms with Crippen molar-refractivity contribution >= 4 is 35.3 Å². The maximum atomic E-state index is 13.1. The molecule has 204 valence electrons. The highest BCUT2D eigenvalue weighted by Gasteiger charge is 2.45. The Balaban J connectivity index is 1.11. The van der Waals surface area contributed by atoms with Crippen LogP contribution in [0.1, 0.15) is 54.3 Å². The molecule has 5 rings (SSSR count). The summed E-state index contributed by atoms with van der Waals surface area (Å²) in [6, 6.07) is 4.30. The molecule has 11 heteroatoms. The lowest BCUT2D eigenvalue weighted by molar-refractivity contribution is -0.156. The average molecular weight is 526 g/mol. The van der Waals surface area contributed by atoms with Gasteiger partial charge >= 0.3 is 5.97 Å². The molecule has 0 radical (unpaired) electrons. The number of amides is 4. The summed E-state index contributed by atoms with van der Waals surface area (Å²) in [5, 5.41) is 2.22. The minimum atomic E-state index is -0.957. The molecule has 0 aliphatic carbocycles. The van der Waals surface area contributed by atoms with Crippen molar-refractivity contribution in [3.05, 3.63) is 29.3 Å². The summed E-state index contributed by atoms with van der Waals surface area (Å²) in [6.07, 6.45) is 0.245. The van der Waals surface area contributed by atoms with Gasteiger partial charge in [-0.1, -0.05) is 0 Å². The lowest BCUT2D eigenvalue weighted by Crippen LogP contribution is -2.55. The van der Waals surface area contributed by atoms with Gasteiger partial charge in [-0.15, -0.1) is 0 Å². The van der Waals surface area contributed by atoms with Crippen molar-refractivity contribution in [3.8, 4) is 0 Å². The van der Waals surface area contributed by atoms with Gasteiger partial charge in [-0.2, -0.15) is 0 Å². The van der Waals surface area contributed by atoms with Crippen molar-refractivity contribution in [2.45, 2.75) is 45.3 Å². The number of imide groups is 2. The Morgan fingerprint density at radius 3 is 2.29 bits per heavy atom. The van der Waals surface area contributed by atoms with Gasteiger partial charge in [0.2, 0.25) is 11.8 Å². The van der Waals surface area contributed by atoms with Crippen LogP contribution >= 0.6 is 0 Å². The summed E-state index contributed by atoms with van der Waals surface area (Å²) < 4.78 is 5.43. The van der Waals surface area contributed by atoms with E-state index < -0.39 is 29.4 Å². The Morgan fingerprint density at radius 2 is 1.63 bits per heavy atom. The van der Waals surface area contributed by atoms with Crippen molar-refractivity contribution in [1.82, 2.24) is 20.0 Å². The first-order valence-electron chi connectivity index (χ1n) is 13.3. The number of rotatable bonds is 6. The standard InChI is InChI=1S/C27H35N5O6/c1-27(2,3)38-23(34)16-30-10-8-29(9-11-30)13-17-14-31(15-17)18-4-5-19-20(12-18)26(37)32(25(19)36)21-6-7-22(33)28-24(21)35/h4-5,12,17,21H,6-11,13-16H2,1-3H3,(H,28,33,35). The molecule has 4 aliphatic rings. The molecule has 3 fully saturated rings. The molecule has 4 aliphatic heterocycles. The van der Waals surface area contributed by atoms with Crippen molar-refractivity contribution in [2.75, 3.05) is 57.3 Å². The molecule has 0 aromatic heterocycles. The van der Waals surface area contributed by atoms with Gasteiger partial charge in [0, 0.05) is 63.8 Å². The monoisotopic (exact) mass is 525 g/mol. The van der Waals surface area contributed by atoms with E-state index in [9.17, 15) is 24.0 Å². The van der Waals surface area contributed by atoms with Crippen LogP contribution in [-0.4, -0.2) is 108 Å². The second-order valence-corrected chi connectivity index (χ2v) is 11.6. The van der Waals surface area contributed by atoms with Crippen LogP contribution in [0.4, 0.5) is 5.69 Å². The Morgan fingerprint density at radius 1 is 0.974 bits per heavy atom. The van der Waals surface area contributed by atoms with E-state index in [1.807, 2.05) is 26.8 Å². The van der Waals surface area contributed by atoms with E-state index in [0.717, 1.165) is 56.4 Å². The number of hydrogen-bond donors (Lipinski definition) is 1. The fourth-order valence-electron chi connectivity index (χ4n) is 5.60. The molecule has 38 heavy (non-hydrogen) atoms. The fraction of sp³-hybridized carbons (Fsp3) is 0.593. The number of anilines is 1. The van der Waals surface area contributed by atoms with Gasteiger partial charge in [0.05, 0.1) is 17.7 Å². The second kappa shape index (κ2) is 10.1. The first-order chi connectivity index (χ1) is 18.0. The van der Waals surface area contributed by atoms with Crippen LogP contribution in [-0.2, 0) is 19.1 Å². The molecule has 0 saturated carbocycles. The van der Waals surface area contributed by atoms with Gasteiger partial charge in [-0.3, -0.25) is 39.1 Å². The highest BCUT2D eigenvalue weighted by molar-refractivity contribution is 6.23. The van der Waals surface area contributed by atoms with Gasteiger partial charge in [0.25, 0.3) is 11.8 Å². The number of ether oxygens (including phenoxy) is 1. The lowest BCUT2D eigenvalue weighted by Gasteiger charge is -2.44. The molecule has 1 aromatic carbocycles. The Hall–Kier alpha value is -3.31. The number of piperidine rings is 1. The number of esters is 1. The summed E-state index contributed by atoms with van der Waals surface area (Å²) in [6.45, 7) is 12.1. The van der Waals surface area contributed by atoms with Crippen molar-refractivity contribution in [2.24, 2.45) is 5.92 Å². The topological polar surface area (TPSA) is 120 Å². The van der Waals surface area contributed by atoms with Crippen LogP contribution in [0.3, 0.4) is 0 Å². The molecule has 11 nitrogen and oxygen atoms in total. The minimum Gasteiger partial charge on any atom is -0.459 e. The third-order valence-corrected chi connectivity index (χ3v) is 7.50. The fourth-order valence-corrected chi connectivity index (χ4v) is 5.60. The summed E-state index contributed by atoms with van der Waals surface area (Å²) in [5.41, 5.74) is 1.02. The third-order valence-electron chi connectivity index (χ3n) is 7.50. The maximum absolute atomic E-state index is 13.1. The SMILES string of the molecule is CC(C)(C)OC(=O)CN1CCN(CC2CN(c3ccc4c(c3)C(=O)N(C3CCC(=O)NC3=O)C4=O)C2)CC1. The molecular weight excluding hydrogens is 490 g/mol. The second-order valence-electron chi connectivity index (χ2n) is 11.6. The van der Waals surface area contributed by atoms with E-state index in [1.165, 1.54) is 0 Å². The van der Waals surface area contributed by atoms with Gasteiger partial charge < -0.3 is 14.5 Å². The van der Waals surface area contributed by atoms with Crippen LogP contribution < -0.4 is 10.2 Å². The summed E-state index contributed by atoms with van der Waals surface area (Å²) in [5.74, 6) is -1.65. The molecule has 1 unspecified atom stereocenters. The van der Waals surface area contributed by atoms with Gasteiger partial charge in [0.1, 0.15) is 11.6 Å². The van der Waals surface area contributed by atoms with E-state index >= 15 is 0 Å². The maximum Gasteiger partial charge on any atom is 0.320 e. The number of fused-ring (bicyclic) bond motifs is 1. The van der Waals surface area contributed by atoms with Crippen molar-refractivity contribution in [3.63, 3.8) is 0 Å². The normalized spacial score (nSPS) is 23.4. The van der Waals surface area contributed by atoms with Crippen molar-refractivity contribution < 1.29 is 28.7 Å². The number of nitrogens with zero attached hydrogens (tertiary/aromatic N) is 4. The van der Waals surface area contributed by atoms with Crippen LogP contribution in [0.25, 0.3) is 0 Å². The zero-order chi connectivity index (χ0) is 27.2. The first-order valence-corrected chi connectivity index (χ1v) is 13.3. The van der Waals surface area contributed by atoms with E-state index in [4.69, 9.17) is 4.74 Å². The quantitative estimate of drug-likeness (QED) is 0.418. The molecule has 1 aromatic rings. The minimum absolute atomic E-state index is 0.100. The number of piperazine rings is 1. The van der Waals surface area contributed by atoms with Crippen LogP contribution in [0, 0.1) is 5.92 Å². The van der Waals surface area contributed by atoms with E-state index in [1.54, 1.807) is 12.1 Å². The predicted octanol–water partition coefficient (Wildman–Crippen LogP) is 0.483. The zero-order valence-corrected chi connectivity index (χ0v) is 22.2.